The number of aliphatic hydroxyl groups is 1. The van der Waals surface area contributed by atoms with Crippen LogP contribution in [0.15, 0.2) is 30.3 Å². The molecule has 1 fully saturated rings. The van der Waals surface area contributed by atoms with E-state index in [9.17, 15) is 5.11 Å². The zero-order valence-electron chi connectivity index (χ0n) is 12.4. The molecule has 1 heterocycles. The van der Waals surface area contributed by atoms with Gasteiger partial charge in [-0.25, -0.2) is 0 Å². The first-order chi connectivity index (χ1) is 9.74. The highest BCUT2D eigenvalue weighted by atomic mass is 16.7. The average Bonchev–Trinajstić information content (AvgIpc) is 2.49. The molecule has 0 aliphatic carbocycles. The van der Waals surface area contributed by atoms with Crippen LogP contribution in [0.4, 0.5) is 0 Å². The number of aliphatic hydroxyl groups excluding tert-OH is 1. The van der Waals surface area contributed by atoms with Crippen LogP contribution in [0.25, 0.3) is 0 Å². The Morgan fingerprint density at radius 3 is 2.55 bits per heavy atom. The van der Waals surface area contributed by atoms with E-state index in [0.717, 1.165) is 18.7 Å². The topological polar surface area (TPSA) is 41.9 Å². The van der Waals surface area contributed by atoms with Gasteiger partial charge < -0.3 is 14.6 Å². The van der Waals surface area contributed by atoms with Gasteiger partial charge in [-0.3, -0.25) is 4.90 Å². The predicted molar refractivity (Wildman–Crippen MR) is 78.3 cm³/mol. The lowest BCUT2D eigenvalue weighted by Gasteiger charge is -2.39. The third-order valence-electron chi connectivity index (χ3n) is 3.89. The first-order valence-electron chi connectivity index (χ1n) is 7.43. The molecule has 0 saturated carbocycles. The molecule has 0 unspecified atom stereocenters. The summed E-state index contributed by atoms with van der Waals surface area (Å²) < 4.78 is 11.5. The first-order valence-corrected chi connectivity index (χ1v) is 7.43. The molecule has 4 nitrogen and oxygen atoms in total. The Kier molecular flexibility index (Phi) is 5.98. The van der Waals surface area contributed by atoms with Gasteiger partial charge in [0.05, 0.1) is 25.4 Å². The fourth-order valence-corrected chi connectivity index (χ4v) is 2.66. The summed E-state index contributed by atoms with van der Waals surface area (Å²) in [6, 6.07) is 10.1. The lowest BCUT2D eigenvalue weighted by atomic mass is 10.0. The van der Waals surface area contributed by atoms with Gasteiger partial charge in [0.15, 0.2) is 6.29 Å². The molecule has 1 aromatic carbocycles. The molecular formula is C16H25NO3. The molecule has 20 heavy (non-hydrogen) atoms. The van der Waals surface area contributed by atoms with E-state index in [2.05, 4.69) is 18.7 Å². The van der Waals surface area contributed by atoms with Gasteiger partial charge in [-0.2, -0.15) is 0 Å². The largest absolute Gasteiger partial charge is 0.391 e. The van der Waals surface area contributed by atoms with Gasteiger partial charge in [-0.05, 0) is 18.7 Å². The summed E-state index contributed by atoms with van der Waals surface area (Å²) >= 11 is 0. The van der Waals surface area contributed by atoms with E-state index in [1.54, 1.807) is 0 Å². The van der Waals surface area contributed by atoms with Crippen molar-refractivity contribution in [3.8, 4) is 0 Å². The molecule has 0 aromatic heterocycles. The Hall–Kier alpha value is -0.940. The minimum Gasteiger partial charge on any atom is -0.391 e. The second kappa shape index (κ2) is 7.74. The maximum Gasteiger partial charge on any atom is 0.160 e. The molecule has 1 saturated heterocycles. The molecule has 0 radical (unpaired) electrons. The third-order valence-corrected chi connectivity index (χ3v) is 3.89. The van der Waals surface area contributed by atoms with Crippen LogP contribution >= 0.6 is 0 Å². The van der Waals surface area contributed by atoms with E-state index in [1.165, 1.54) is 0 Å². The van der Waals surface area contributed by atoms with Crippen molar-refractivity contribution in [3.63, 3.8) is 0 Å². The maximum absolute atomic E-state index is 10.3. The zero-order valence-corrected chi connectivity index (χ0v) is 12.4. The summed E-state index contributed by atoms with van der Waals surface area (Å²) in [6.45, 7) is 7.12. The Morgan fingerprint density at radius 2 is 1.95 bits per heavy atom. The lowest BCUT2D eigenvalue weighted by molar-refractivity contribution is -0.210. The number of hydrogen-bond acceptors (Lipinski definition) is 4. The van der Waals surface area contributed by atoms with Gasteiger partial charge in [-0.15, -0.1) is 0 Å². The van der Waals surface area contributed by atoms with E-state index in [1.807, 2.05) is 30.3 Å². The Labute approximate surface area is 121 Å². The molecule has 4 heteroatoms. The minimum atomic E-state index is -0.385. The van der Waals surface area contributed by atoms with Gasteiger partial charge in [0.25, 0.3) is 0 Å². The Balaban J connectivity index is 1.80. The van der Waals surface area contributed by atoms with Crippen molar-refractivity contribution in [3.05, 3.63) is 35.9 Å². The molecule has 1 aromatic rings. The zero-order chi connectivity index (χ0) is 14.4. The van der Waals surface area contributed by atoms with Gasteiger partial charge >= 0.3 is 0 Å². The lowest BCUT2D eigenvalue weighted by Crippen LogP contribution is -2.52. The fraction of sp³-hybridized carbons (Fsp3) is 0.625. The van der Waals surface area contributed by atoms with Crippen LogP contribution in [0.2, 0.25) is 0 Å². The van der Waals surface area contributed by atoms with Crippen molar-refractivity contribution in [1.29, 1.82) is 0 Å². The van der Waals surface area contributed by atoms with Crippen molar-refractivity contribution in [1.82, 2.24) is 4.90 Å². The molecule has 0 amide bonds. The Bertz CT molecular complexity index is 381. The third kappa shape index (κ3) is 4.03. The highest BCUT2D eigenvalue weighted by Crippen LogP contribution is 2.20. The molecule has 1 N–H and O–H groups in total. The van der Waals surface area contributed by atoms with Crippen molar-refractivity contribution >= 4 is 0 Å². The molecular weight excluding hydrogens is 254 g/mol. The van der Waals surface area contributed by atoms with E-state index < -0.39 is 0 Å². The maximum atomic E-state index is 10.3. The highest BCUT2D eigenvalue weighted by Gasteiger charge is 2.33. The summed E-state index contributed by atoms with van der Waals surface area (Å²) in [5.74, 6) is 0. The number of ether oxygens (including phenoxy) is 2. The standard InChI is InChI=1S/C16H25NO3/c1-3-17(4-2)14-12-20-16(10-15(14)18)19-11-13-8-6-5-7-9-13/h5-9,14-16,18H,3-4,10-12H2,1-2H3/t14-,15-,16+/m0/s1. The molecule has 3 atom stereocenters. The number of nitrogens with zero attached hydrogens (tertiary/aromatic N) is 1. The van der Waals surface area contributed by atoms with Gasteiger partial charge in [0.1, 0.15) is 0 Å². The quantitative estimate of drug-likeness (QED) is 0.865. The molecule has 1 aliphatic heterocycles. The molecule has 2 rings (SSSR count). The van der Waals surface area contributed by atoms with Crippen LogP contribution in [0.3, 0.4) is 0 Å². The van der Waals surface area contributed by atoms with Gasteiger partial charge in [0, 0.05) is 6.42 Å². The smallest absolute Gasteiger partial charge is 0.160 e. The van der Waals surface area contributed by atoms with Crippen molar-refractivity contribution in [2.75, 3.05) is 19.7 Å². The second-order valence-corrected chi connectivity index (χ2v) is 5.15. The van der Waals surface area contributed by atoms with E-state index in [4.69, 9.17) is 9.47 Å². The van der Waals surface area contributed by atoms with Crippen LogP contribution in [-0.4, -0.2) is 48.1 Å². The predicted octanol–water partition coefficient (Wildman–Crippen LogP) is 2.02. The fourth-order valence-electron chi connectivity index (χ4n) is 2.66. The van der Waals surface area contributed by atoms with E-state index in [-0.39, 0.29) is 18.4 Å². The monoisotopic (exact) mass is 279 g/mol. The van der Waals surface area contributed by atoms with Crippen LogP contribution in [-0.2, 0) is 16.1 Å². The van der Waals surface area contributed by atoms with E-state index >= 15 is 0 Å². The SMILES string of the molecule is CCN(CC)[C@H]1CO[C@@H](OCc2ccccc2)C[C@@H]1O. The van der Waals surface area contributed by atoms with Crippen molar-refractivity contribution in [2.45, 2.75) is 45.3 Å². The van der Waals surface area contributed by atoms with Crippen molar-refractivity contribution < 1.29 is 14.6 Å². The summed E-state index contributed by atoms with van der Waals surface area (Å²) in [7, 11) is 0. The van der Waals surface area contributed by atoms with Crippen LogP contribution in [0, 0.1) is 0 Å². The van der Waals surface area contributed by atoms with Gasteiger partial charge in [-0.1, -0.05) is 44.2 Å². The van der Waals surface area contributed by atoms with Crippen molar-refractivity contribution in [2.24, 2.45) is 0 Å². The molecule has 1 aliphatic rings. The molecule has 0 bridgehead atoms. The average molecular weight is 279 g/mol. The first kappa shape index (κ1) is 15.4. The summed E-state index contributed by atoms with van der Waals surface area (Å²) in [4.78, 5) is 2.23. The van der Waals surface area contributed by atoms with Crippen LogP contribution in [0.1, 0.15) is 25.8 Å². The van der Waals surface area contributed by atoms with Crippen LogP contribution in [0.5, 0.6) is 0 Å². The van der Waals surface area contributed by atoms with Crippen LogP contribution < -0.4 is 0 Å². The highest BCUT2D eigenvalue weighted by molar-refractivity contribution is 5.13. The second-order valence-electron chi connectivity index (χ2n) is 5.15. The normalized spacial score (nSPS) is 26.9. The number of rotatable bonds is 6. The number of likely N-dealkylation sites (N-methyl/N-ethyl adjacent to an activating group) is 1. The summed E-state index contributed by atoms with van der Waals surface area (Å²) in [5.41, 5.74) is 1.12. The molecule has 112 valence electrons. The van der Waals surface area contributed by atoms with E-state index in [0.29, 0.717) is 19.6 Å². The molecule has 0 spiro atoms. The minimum absolute atomic E-state index is 0.0848. The van der Waals surface area contributed by atoms with Gasteiger partial charge in [0.2, 0.25) is 0 Å². The number of benzene rings is 1. The summed E-state index contributed by atoms with van der Waals surface area (Å²) in [5, 5.41) is 10.3. The summed E-state index contributed by atoms with van der Waals surface area (Å²) in [6.07, 6.45) is -0.157. The number of hydrogen-bond donors (Lipinski definition) is 1. The Morgan fingerprint density at radius 1 is 1.25 bits per heavy atom.